The van der Waals surface area contributed by atoms with Gasteiger partial charge in [0, 0.05) is 27.9 Å². The van der Waals surface area contributed by atoms with Crippen molar-refractivity contribution < 1.29 is 0 Å². The van der Waals surface area contributed by atoms with E-state index in [1.54, 1.807) is 0 Å². The maximum absolute atomic E-state index is 2.44. The molecule has 1 nitrogen and oxygen atoms in total. The Kier molecular flexibility index (Phi) is 7.94. The van der Waals surface area contributed by atoms with Crippen LogP contribution in [-0.4, -0.2) is 0 Å². The van der Waals surface area contributed by atoms with Crippen molar-refractivity contribution in [3.05, 3.63) is 222 Å². The van der Waals surface area contributed by atoms with Gasteiger partial charge in [-0.25, -0.2) is 0 Å². The predicted molar refractivity (Wildman–Crippen MR) is 250 cm³/mol. The molecule has 2 aliphatic carbocycles. The first-order valence-corrected chi connectivity index (χ1v) is 20.8. The smallest absolute Gasteiger partial charge is 0.0465 e. The van der Waals surface area contributed by atoms with Crippen molar-refractivity contribution in [1.29, 1.82) is 0 Å². The molecular formula is C58H45N. The van der Waals surface area contributed by atoms with E-state index in [1.165, 1.54) is 88.7 Å². The molecule has 1 heteroatoms. The Bertz CT molecular complexity index is 3060. The normalized spacial score (nSPS) is 14.0. The Morgan fingerprint density at radius 3 is 1.56 bits per heavy atom. The largest absolute Gasteiger partial charge is 0.310 e. The Labute approximate surface area is 347 Å². The summed E-state index contributed by atoms with van der Waals surface area (Å²) in [5.74, 6) is 0. The zero-order valence-electron chi connectivity index (χ0n) is 34.0. The maximum atomic E-state index is 2.44. The minimum Gasteiger partial charge on any atom is -0.310 e. The minimum absolute atomic E-state index is 0.0952. The number of hydrogen-bond acceptors (Lipinski definition) is 1. The average Bonchev–Trinajstić information content (AvgIpc) is 3.66. The molecule has 9 aromatic rings. The van der Waals surface area contributed by atoms with Gasteiger partial charge in [-0.05, 0) is 137 Å². The molecule has 0 aromatic heterocycles. The van der Waals surface area contributed by atoms with Crippen molar-refractivity contribution in [2.24, 2.45) is 0 Å². The molecule has 0 N–H and O–H groups in total. The highest BCUT2D eigenvalue weighted by atomic mass is 15.1. The molecule has 0 atom stereocenters. The number of anilines is 3. The van der Waals surface area contributed by atoms with Crippen LogP contribution in [0.3, 0.4) is 0 Å². The Hall–Kier alpha value is -6.96. The fourth-order valence-corrected chi connectivity index (χ4v) is 10.2. The number of fused-ring (bicyclic) bond motifs is 8. The van der Waals surface area contributed by atoms with Crippen LogP contribution >= 0.6 is 0 Å². The van der Waals surface area contributed by atoms with E-state index < -0.39 is 0 Å². The van der Waals surface area contributed by atoms with Crippen LogP contribution in [0.4, 0.5) is 17.1 Å². The summed E-state index contributed by atoms with van der Waals surface area (Å²) in [5, 5.41) is 2.63. The molecule has 0 heterocycles. The van der Waals surface area contributed by atoms with Crippen molar-refractivity contribution in [2.45, 2.75) is 38.5 Å². The highest BCUT2D eigenvalue weighted by Crippen LogP contribution is 2.56. The van der Waals surface area contributed by atoms with Gasteiger partial charge in [0.15, 0.2) is 0 Å². The van der Waals surface area contributed by atoms with E-state index in [0.29, 0.717) is 0 Å². The second kappa shape index (κ2) is 13.3. The Morgan fingerprint density at radius 2 is 0.847 bits per heavy atom. The van der Waals surface area contributed by atoms with Gasteiger partial charge in [0.05, 0.1) is 0 Å². The molecule has 0 unspecified atom stereocenters. The van der Waals surface area contributed by atoms with Gasteiger partial charge in [0.1, 0.15) is 0 Å². The molecule has 0 spiro atoms. The molecule has 2 aliphatic rings. The number of benzene rings is 9. The van der Waals surface area contributed by atoms with Crippen molar-refractivity contribution in [3.63, 3.8) is 0 Å². The zero-order chi connectivity index (χ0) is 39.9. The number of hydrogen-bond donors (Lipinski definition) is 0. The Morgan fingerprint density at radius 1 is 0.322 bits per heavy atom. The monoisotopic (exact) mass is 755 g/mol. The van der Waals surface area contributed by atoms with Crippen LogP contribution < -0.4 is 4.90 Å². The van der Waals surface area contributed by atoms with Gasteiger partial charge >= 0.3 is 0 Å². The lowest BCUT2D eigenvalue weighted by Crippen LogP contribution is -2.16. The summed E-state index contributed by atoms with van der Waals surface area (Å²) in [7, 11) is 0. The standard InChI is InChI=1S/C58H45N/c1-57(2)52-22-14-13-21-48(52)49-33-32-46(37-54(49)57)59(44-28-23-39(24-29-44)38-15-7-5-8-16-38)45-30-25-40(26-31-45)42-27-34-53-51(35-42)55-50(41-17-9-6-10-18-41)36-43-19-11-12-20-47(43)56(55)58(53,3)4/h5-37H,1-4H3. The van der Waals surface area contributed by atoms with Crippen LogP contribution in [0.25, 0.3) is 66.4 Å². The van der Waals surface area contributed by atoms with Crippen molar-refractivity contribution in [2.75, 3.05) is 4.90 Å². The third kappa shape index (κ3) is 5.53. The predicted octanol–water partition coefficient (Wildman–Crippen LogP) is 15.9. The van der Waals surface area contributed by atoms with E-state index in [0.717, 1.165) is 17.1 Å². The van der Waals surface area contributed by atoms with Gasteiger partial charge in [0.2, 0.25) is 0 Å². The lowest BCUT2D eigenvalue weighted by Gasteiger charge is -2.28. The Balaban J connectivity index is 1.02. The van der Waals surface area contributed by atoms with Gasteiger partial charge in [-0.2, -0.15) is 0 Å². The third-order valence-corrected chi connectivity index (χ3v) is 13.2. The first-order chi connectivity index (χ1) is 28.8. The lowest BCUT2D eigenvalue weighted by molar-refractivity contribution is 0.660. The second-order valence-corrected chi connectivity index (χ2v) is 17.3. The van der Waals surface area contributed by atoms with Crippen molar-refractivity contribution in [3.8, 4) is 55.6 Å². The molecule has 0 saturated heterocycles. The first-order valence-electron chi connectivity index (χ1n) is 20.8. The number of rotatable bonds is 6. The summed E-state index contributed by atoms with van der Waals surface area (Å²) >= 11 is 0. The molecule has 9 aromatic carbocycles. The highest BCUT2D eigenvalue weighted by molar-refractivity contribution is 6.05. The van der Waals surface area contributed by atoms with Gasteiger partial charge in [-0.3, -0.25) is 0 Å². The van der Waals surface area contributed by atoms with Crippen LogP contribution in [0.5, 0.6) is 0 Å². The minimum atomic E-state index is -0.139. The van der Waals surface area contributed by atoms with E-state index in [-0.39, 0.29) is 10.8 Å². The fourth-order valence-electron chi connectivity index (χ4n) is 10.2. The van der Waals surface area contributed by atoms with Crippen LogP contribution in [0.15, 0.2) is 200 Å². The summed E-state index contributed by atoms with van der Waals surface area (Å²) < 4.78 is 0. The molecule has 0 radical (unpaired) electrons. The molecule has 0 saturated carbocycles. The summed E-state index contributed by atoms with van der Waals surface area (Å²) in [6.07, 6.45) is 0. The summed E-state index contributed by atoms with van der Waals surface area (Å²) in [4.78, 5) is 2.41. The van der Waals surface area contributed by atoms with Gasteiger partial charge in [0.25, 0.3) is 0 Å². The van der Waals surface area contributed by atoms with E-state index >= 15 is 0 Å². The second-order valence-electron chi connectivity index (χ2n) is 17.3. The number of nitrogens with zero attached hydrogens (tertiary/aromatic N) is 1. The SMILES string of the molecule is CC1(C)c2ccccc2-c2ccc(N(c3ccc(-c4ccccc4)cc3)c3ccc(-c4ccc5c(c4)-c4c(-c6ccccc6)cc6ccccc6c4C5(C)C)cc3)cc21. The van der Waals surface area contributed by atoms with E-state index in [2.05, 4.69) is 233 Å². The van der Waals surface area contributed by atoms with Crippen molar-refractivity contribution in [1.82, 2.24) is 0 Å². The topological polar surface area (TPSA) is 3.24 Å². The zero-order valence-corrected chi connectivity index (χ0v) is 34.0. The van der Waals surface area contributed by atoms with Gasteiger partial charge in [-0.15, -0.1) is 0 Å². The van der Waals surface area contributed by atoms with E-state index in [1.807, 2.05) is 0 Å². The van der Waals surface area contributed by atoms with Crippen LogP contribution in [0, 0.1) is 0 Å². The molecule has 0 aliphatic heterocycles. The highest BCUT2D eigenvalue weighted by Gasteiger charge is 2.39. The lowest BCUT2D eigenvalue weighted by atomic mass is 9.79. The fraction of sp³-hybridized carbons (Fsp3) is 0.103. The molecule has 0 bridgehead atoms. The summed E-state index contributed by atoms with van der Waals surface area (Å²) in [6, 6.07) is 74.1. The quantitative estimate of drug-likeness (QED) is 0.163. The average molecular weight is 756 g/mol. The molecule has 282 valence electrons. The van der Waals surface area contributed by atoms with Crippen LogP contribution in [-0.2, 0) is 10.8 Å². The molecule has 0 fully saturated rings. The van der Waals surface area contributed by atoms with Gasteiger partial charge < -0.3 is 4.90 Å². The summed E-state index contributed by atoms with van der Waals surface area (Å²) in [5.41, 5.74) is 21.5. The molecule has 0 amide bonds. The molecule has 59 heavy (non-hydrogen) atoms. The summed E-state index contributed by atoms with van der Waals surface area (Å²) in [6.45, 7) is 9.51. The van der Waals surface area contributed by atoms with E-state index in [9.17, 15) is 0 Å². The van der Waals surface area contributed by atoms with Crippen molar-refractivity contribution >= 4 is 27.8 Å². The van der Waals surface area contributed by atoms with Gasteiger partial charge in [-0.1, -0.05) is 179 Å². The molecular weight excluding hydrogens is 711 g/mol. The van der Waals surface area contributed by atoms with Crippen LogP contribution in [0.1, 0.15) is 49.9 Å². The van der Waals surface area contributed by atoms with Crippen LogP contribution in [0.2, 0.25) is 0 Å². The first kappa shape index (κ1) is 35.2. The maximum Gasteiger partial charge on any atom is 0.0465 e. The molecule has 11 rings (SSSR count). The third-order valence-electron chi connectivity index (χ3n) is 13.2. The van der Waals surface area contributed by atoms with E-state index in [4.69, 9.17) is 0 Å².